The molecule has 2 N–H and O–H groups in total. The molecule has 17 heavy (non-hydrogen) atoms. The van der Waals surface area contributed by atoms with Crippen molar-refractivity contribution in [3.05, 3.63) is 29.8 Å². The van der Waals surface area contributed by atoms with E-state index in [0.717, 1.165) is 0 Å². The van der Waals surface area contributed by atoms with Crippen LogP contribution < -0.4 is 10.5 Å². The van der Waals surface area contributed by atoms with Gasteiger partial charge in [0, 0.05) is 0 Å². The summed E-state index contributed by atoms with van der Waals surface area (Å²) in [6.45, 7) is 0. The molecule has 0 amide bonds. The topological polar surface area (TPSA) is 93.2 Å². The minimum Gasteiger partial charge on any atom is -0.486 e. The molecule has 2 rings (SSSR count). The number of sulfone groups is 1. The third-order valence-electron chi connectivity index (χ3n) is 2.63. The van der Waals surface area contributed by atoms with Gasteiger partial charge in [0.25, 0.3) is 0 Å². The molecule has 0 saturated carbocycles. The second-order valence-electron chi connectivity index (χ2n) is 4.01. The Hall–Kier alpha value is -1.58. The first-order chi connectivity index (χ1) is 8.02. The Bertz CT molecular complexity index is 562. The molecule has 1 aliphatic heterocycles. The summed E-state index contributed by atoms with van der Waals surface area (Å²) in [4.78, 5) is 0. The Kier molecular flexibility index (Phi) is 3.05. The fraction of sp³-hybridized carbons (Fsp3) is 0.364. The summed E-state index contributed by atoms with van der Waals surface area (Å²) in [6.07, 6.45) is -0.575. The zero-order valence-corrected chi connectivity index (χ0v) is 9.85. The molecular weight excluding hydrogens is 240 g/mol. The first-order valence-corrected chi connectivity index (χ1v) is 6.96. The van der Waals surface area contributed by atoms with Gasteiger partial charge in [-0.05, 0) is 12.1 Å². The second-order valence-corrected chi connectivity index (χ2v) is 6.16. The van der Waals surface area contributed by atoms with Gasteiger partial charge in [-0.15, -0.1) is 0 Å². The zero-order valence-electron chi connectivity index (χ0n) is 9.04. The number of nitriles is 1. The highest BCUT2D eigenvalue weighted by molar-refractivity contribution is 7.91. The molecule has 0 radical (unpaired) electrons. The van der Waals surface area contributed by atoms with Gasteiger partial charge >= 0.3 is 0 Å². The maximum Gasteiger partial charge on any atom is 0.155 e. The van der Waals surface area contributed by atoms with Gasteiger partial charge < -0.3 is 10.5 Å². The first kappa shape index (κ1) is 11.9. The number of rotatable bonds is 2. The molecule has 1 heterocycles. The second kappa shape index (κ2) is 4.35. The number of nitrogens with two attached hydrogens (primary N) is 1. The van der Waals surface area contributed by atoms with E-state index in [9.17, 15) is 8.42 Å². The summed E-state index contributed by atoms with van der Waals surface area (Å²) >= 11 is 0. The van der Waals surface area contributed by atoms with Crippen LogP contribution in [0.4, 0.5) is 0 Å². The minimum atomic E-state index is -3.12. The van der Waals surface area contributed by atoms with E-state index in [-0.39, 0.29) is 11.5 Å². The number of hydrogen-bond donors (Lipinski definition) is 1. The highest BCUT2D eigenvalue weighted by Crippen LogP contribution is 2.22. The van der Waals surface area contributed by atoms with Crippen molar-refractivity contribution in [1.29, 1.82) is 5.26 Å². The summed E-state index contributed by atoms with van der Waals surface area (Å²) < 4.78 is 28.3. The Morgan fingerprint density at radius 3 is 2.65 bits per heavy atom. The molecule has 1 fully saturated rings. The molecule has 0 aliphatic carbocycles. The van der Waals surface area contributed by atoms with Crippen LogP contribution in [0, 0.1) is 11.3 Å². The lowest BCUT2D eigenvalue weighted by Crippen LogP contribution is -2.37. The van der Waals surface area contributed by atoms with Crippen molar-refractivity contribution in [1.82, 2.24) is 0 Å². The van der Waals surface area contributed by atoms with E-state index in [4.69, 9.17) is 15.7 Å². The standard InChI is InChI=1S/C11H12N2O3S/c12-5-8-3-1-2-4-10(8)16-11-7-17(14,15)6-9(11)13/h1-4,9,11H,6-7,13H2. The minimum absolute atomic E-state index is 0.0631. The zero-order chi connectivity index (χ0) is 12.5. The third-order valence-corrected chi connectivity index (χ3v) is 4.36. The van der Waals surface area contributed by atoms with Crippen LogP contribution in [-0.2, 0) is 9.84 Å². The van der Waals surface area contributed by atoms with Crippen LogP contribution in [0.1, 0.15) is 5.56 Å². The van der Waals surface area contributed by atoms with Crippen LogP contribution in [0.3, 0.4) is 0 Å². The number of nitrogens with zero attached hydrogens (tertiary/aromatic N) is 1. The van der Waals surface area contributed by atoms with Gasteiger partial charge in [0.2, 0.25) is 0 Å². The van der Waals surface area contributed by atoms with Crippen molar-refractivity contribution < 1.29 is 13.2 Å². The maximum atomic E-state index is 11.4. The lowest BCUT2D eigenvalue weighted by atomic mass is 10.2. The van der Waals surface area contributed by atoms with Gasteiger partial charge in [-0.25, -0.2) is 8.42 Å². The van der Waals surface area contributed by atoms with Crippen molar-refractivity contribution >= 4 is 9.84 Å². The van der Waals surface area contributed by atoms with Crippen molar-refractivity contribution in [3.8, 4) is 11.8 Å². The van der Waals surface area contributed by atoms with Crippen LogP contribution in [0.5, 0.6) is 5.75 Å². The molecule has 5 nitrogen and oxygen atoms in total. The largest absolute Gasteiger partial charge is 0.486 e. The lowest BCUT2D eigenvalue weighted by molar-refractivity contribution is 0.209. The van der Waals surface area contributed by atoms with E-state index in [2.05, 4.69) is 0 Å². The van der Waals surface area contributed by atoms with Crippen molar-refractivity contribution in [2.45, 2.75) is 12.1 Å². The third kappa shape index (κ3) is 2.57. The molecule has 1 aliphatic rings. The normalized spacial score (nSPS) is 26.4. The molecule has 0 spiro atoms. The molecule has 0 bridgehead atoms. The van der Waals surface area contributed by atoms with E-state index in [0.29, 0.717) is 11.3 Å². The predicted molar refractivity (Wildman–Crippen MR) is 62.2 cm³/mol. The van der Waals surface area contributed by atoms with Gasteiger partial charge in [0.05, 0.1) is 23.1 Å². The Balaban J connectivity index is 2.20. The first-order valence-electron chi connectivity index (χ1n) is 5.13. The maximum absolute atomic E-state index is 11.4. The quantitative estimate of drug-likeness (QED) is 0.803. The van der Waals surface area contributed by atoms with E-state index >= 15 is 0 Å². The summed E-state index contributed by atoms with van der Waals surface area (Å²) in [5.74, 6) is 0.230. The number of para-hydroxylation sites is 1. The molecule has 0 aromatic heterocycles. The molecular formula is C11H12N2O3S. The van der Waals surface area contributed by atoms with Gasteiger partial charge in [0.15, 0.2) is 9.84 Å². The SMILES string of the molecule is N#Cc1ccccc1OC1CS(=O)(=O)CC1N. The average molecular weight is 252 g/mol. The van der Waals surface area contributed by atoms with Crippen molar-refractivity contribution in [2.75, 3.05) is 11.5 Å². The fourth-order valence-corrected chi connectivity index (χ4v) is 3.54. The van der Waals surface area contributed by atoms with Crippen LogP contribution in [-0.4, -0.2) is 32.1 Å². The predicted octanol–water partition coefficient (Wildman–Crippen LogP) is 0.0614. The van der Waals surface area contributed by atoms with Crippen LogP contribution in [0.15, 0.2) is 24.3 Å². The lowest BCUT2D eigenvalue weighted by Gasteiger charge is -2.16. The monoisotopic (exact) mass is 252 g/mol. The van der Waals surface area contributed by atoms with Crippen LogP contribution in [0.2, 0.25) is 0 Å². The molecule has 2 atom stereocenters. The van der Waals surface area contributed by atoms with E-state index in [1.165, 1.54) is 0 Å². The van der Waals surface area contributed by atoms with E-state index in [1.54, 1.807) is 24.3 Å². The molecule has 1 aromatic rings. The summed E-state index contributed by atoms with van der Waals surface area (Å²) in [6, 6.07) is 8.15. The van der Waals surface area contributed by atoms with Gasteiger partial charge in [-0.2, -0.15) is 5.26 Å². The highest BCUT2D eigenvalue weighted by Gasteiger charge is 2.37. The smallest absolute Gasteiger partial charge is 0.155 e. The number of benzene rings is 1. The average Bonchev–Trinajstić information content (AvgIpc) is 2.52. The molecule has 1 aromatic carbocycles. The molecule has 90 valence electrons. The van der Waals surface area contributed by atoms with Crippen molar-refractivity contribution in [3.63, 3.8) is 0 Å². The van der Waals surface area contributed by atoms with E-state index < -0.39 is 22.0 Å². The summed E-state index contributed by atoms with van der Waals surface area (Å²) in [7, 11) is -3.12. The Morgan fingerprint density at radius 2 is 2.06 bits per heavy atom. The fourth-order valence-electron chi connectivity index (χ4n) is 1.79. The Morgan fingerprint density at radius 1 is 1.35 bits per heavy atom. The molecule has 1 saturated heterocycles. The molecule has 2 unspecified atom stereocenters. The van der Waals surface area contributed by atoms with Gasteiger partial charge in [-0.1, -0.05) is 12.1 Å². The van der Waals surface area contributed by atoms with Crippen molar-refractivity contribution in [2.24, 2.45) is 5.73 Å². The Labute approximate surface area is 99.7 Å². The number of hydrogen-bond acceptors (Lipinski definition) is 5. The number of ether oxygens (including phenoxy) is 1. The van der Waals surface area contributed by atoms with Crippen LogP contribution in [0.25, 0.3) is 0 Å². The highest BCUT2D eigenvalue weighted by atomic mass is 32.2. The van der Waals surface area contributed by atoms with Crippen LogP contribution >= 0.6 is 0 Å². The van der Waals surface area contributed by atoms with E-state index in [1.807, 2.05) is 6.07 Å². The summed E-state index contributed by atoms with van der Waals surface area (Å²) in [5, 5.41) is 8.88. The van der Waals surface area contributed by atoms with Gasteiger partial charge in [0.1, 0.15) is 17.9 Å². The van der Waals surface area contributed by atoms with Gasteiger partial charge in [-0.3, -0.25) is 0 Å². The molecule has 6 heteroatoms. The summed E-state index contributed by atoms with van der Waals surface area (Å²) in [5.41, 5.74) is 6.09.